The quantitative estimate of drug-likeness (QED) is 0.527. The summed E-state index contributed by atoms with van der Waals surface area (Å²) in [5, 5.41) is 17.9. The van der Waals surface area contributed by atoms with E-state index < -0.39 is 5.91 Å². The van der Waals surface area contributed by atoms with Gasteiger partial charge in [-0.25, -0.2) is 4.98 Å². The molecule has 0 radical (unpaired) electrons. The lowest BCUT2D eigenvalue weighted by Gasteiger charge is -2.33. The highest BCUT2D eigenvalue weighted by Gasteiger charge is 2.32. The van der Waals surface area contributed by atoms with Gasteiger partial charge in [0.2, 0.25) is 0 Å². The van der Waals surface area contributed by atoms with Gasteiger partial charge in [-0.05, 0) is 38.1 Å². The average Bonchev–Trinajstić information content (AvgIpc) is 3.01. The number of amides is 1. The number of nitrogens with one attached hydrogen (secondary N) is 1. The first-order valence-electron chi connectivity index (χ1n) is 8.36. The molecule has 1 saturated carbocycles. The summed E-state index contributed by atoms with van der Waals surface area (Å²) < 4.78 is 1.74. The number of pyridine rings is 1. The predicted octanol–water partition coefficient (Wildman–Crippen LogP) is 2.18. The first kappa shape index (κ1) is 18.3. The Morgan fingerprint density at radius 1 is 1.50 bits per heavy atom. The van der Waals surface area contributed by atoms with Crippen LogP contribution in [-0.4, -0.2) is 45.1 Å². The lowest BCUT2D eigenvalue weighted by molar-refractivity contribution is 0.0714. The fourth-order valence-corrected chi connectivity index (χ4v) is 3.47. The zero-order valence-electron chi connectivity index (χ0n) is 14.2. The van der Waals surface area contributed by atoms with Crippen LogP contribution in [0.2, 0.25) is 5.15 Å². The number of nitrogens with zero attached hydrogens (tertiary/aromatic N) is 4. The normalized spacial score (nSPS) is 22.8. The maximum absolute atomic E-state index is 11.8. The molecule has 0 bridgehead atoms. The van der Waals surface area contributed by atoms with Gasteiger partial charge in [-0.1, -0.05) is 11.6 Å². The van der Waals surface area contributed by atoms with Crippen molar-refractivity contribution in [1.29, 1.82) is 0 Å². The molecule has 8 nitrogen and oxygen atoms in total. The van der Waals surface area contributed by atoms with Crippen LogP contribution in [0.3, 0.4) is 0 Å². The van der Waals surface area contributed by atoms with Crippen molar-refractivity contribution in [2.45, 2.75) is 31.4 Å². The van der Waals surface area contributed by atoms with Crippen LogP contribution in [0.25, 0.3) is 0 Å². The molecule has 0 unspecified atom stereocenters. The van der Waals surface area contributed by atoms with Gasteiger partial charge in [0.05, 0.1) is 24.0 Å². The summed E-state index contributed by atoms with van der Waals surface area (Å²) in [6, 6.07) is 3.39. The van der Waals surface area contributed by atoms with Crippen molar-refractivity contribution in [1.82, 2.24) is 14.8 Å². The van der Waals surface area contributed by atoms with Gasteiger partial charge in [0.15, 0.2) is 5.82 Å². The fourth-order valence-electron chi connectivity index (χ4n) is 3.35. The van der Waals surface area contributed by atoms with Crippen LogP contribution in [0.15, 0.2) is 29.5 Å². The van der Waals surface area contributed by atoms with E-state index in [9.17, 15) is 9.90 Å². The summed E-state index contributed by atoms with van der Waals surface area (Å²) in [6.45, 7) is 4.08. The monoisotopic (exact) mass is 376 g/mol. The molecule has 9 heteroatoms. The second-order valence-electron chi connectivity index (χ2n) is 6.43. The average molecular weight is 377 g/mol. The molecule has 0 spiro atoms. The molecule has 0 saturated heterocycles. The molecule has 2 aromatic rings. The number of aromatic nitrogens is 3. The topological polar surface area (TPSA) is 118 Å². The minimum atomic E-state index is -0.574. The molecule has 2 aromatic heterocycles. The van der Waals surface area contributed by atoms with Crippen molar-refractivity contribution >= 4 is 35.7 Å². The lowest BCUT2D eigenvalue weighted by atomic mass is 9.83. The summed E-state index contributed by atoms with van der Waals surface area (Å²) >= 11 is 5.79. The van der Waals surface area contributed by atoms with Crippen LogP contribution < -0.4 is 11.1 Å². The second-order valence-corrected chi connectivity index (χ2v) is 6.82. The number of nitrogens with two attached hydrogens (primary N) is 1. The first-order chi connectivity index (χ1) is 12.5. The number of halogens is 1. The van der Waals surface area contributed by atoms with E-state index in [2.05, 4.69) is 27.1 Å². The third-order valence-corrected chi connectivity index (χ3v) is 4.83. The smallest absolute Gasteiger partial charge is 0.254 e. The summed E-state index contributed by atoms with van der Waals surface area (Å²) in [4.78, 5) is 19.8. The summed E-state index contributed by atoms with van der Waals surface area (Å²) in [7, 11) is 0. The van der Waals surface area contributed by atoms with Crippen LogP contribution >= 0.6 is 11.6 Å². The van der Waals surface area contributed by atoms with E-state index in [0.717, 1.165) is 6.42 Å². The number of hydrogen-bond acceptors (Lipinski definition) is 6. The largest absolute Gasteiger partial charge is 0.393 e. The van der Waals surface area contributed by atoms with Crippen LogP contribution in [-0.2, 0) is 0 Å². The highest BCUT2D eigenvalue weighted by atomic mass is 35.5. The predicted molar refractivity (Wildman–Crippen MR) is 100 cm³/mol. The standard InChI is InChI=1S/C17H21ClN6O2/c1-20-7-10-6-12(25)3-4-14(10)24-9-13(16(19)26)17(23-24)22-11-2-5-15(18)21-8-11/h2,5,8-10,12,14,25H,1,3-4,6-7H2,(H2,19,26)(H,22,23)/t10-,12-,14+/m1/s1. The van der Waals surface area contributed by atoms with Gasteiger partial charge >= 0.3 is 0 Å². The number of aliphatic hydroxyl groups excluding tert-OH is 1. The molecule has 2 heterocycles. The number of primary amides is 1. The molecule has 1 amide bonds. The van der Waals surface area contributed by atoms with E-state index in [1.807, 2.05) is 0 Å². The maximum Gasteiger partial charge on any atom is 0.254 e. The molecule has 3 atom stereocenters. The minimum Gasteiger partial charge on any atom is -0.393 e. The Bertz CT molecular complexity index is 791. The second kappa shape index (κ2) is 7.84. The first-order valence-corrected chi connectivity index (χ1v) is 8.73. The van der Waals surface area contributed by atoms with Crippen molar-refractivity contribution < 1.29 is 9.90 Å². The zero-order valence-corrected chi connectivity index (χ0v) is 14.9. The molecule has 0 aliphatic heterocycles. The van der Waals surface area contributed by atoms with Gasteiger partial charge in [-0.3, -0.25) is 9.48 Å². The van der Waals surface area contributed by atoms with Gasteiger partial charge in [-0.15, -0.1) is 0 Å². The van der Waals surface area contributed by atoms with E-state index in [1.54, 1.807) is 29.2 Å². The van der Waals surface area contributed by atoms with Crippen molar-refractivity contribution in [3.63, 3.8) is 0 Å². The van der Waals surface area contributed by atoms with Crippen molar-refractivity contribution in [2.24, 2.45) is 16.6 Å². The number of rotatable bonds is 6. The molecule has 1 aliphatic carbocycles. The fraction of sp³-hybridized carbons (Fsp3) is 0.412. The van der Waals surface area contributed by atoms with E-state index in [-0.39, 0.29) is 23.6 Å². The van der Waals surface area contributed by atoms with Crippen LogP contribution in [0, 0.1) is 5.92 Å². The van der Waals surface area contributed by atoms with Gasteiger partial charge in [-0.2, -0.15) is 5.10 Å². The molecule has 26 heavy (non-hydrogen) atoms. The zero-order chi connectivity index (χ0) is 18.7. The third kappa shape index (κ3) is 4.03. The molecule has 1 fully saturated rings. The Hall–Kier alpha value is -2.45. The molecular weight excluding hydrogens is 356 g/mol. The molecule has 1 aliphatic rings. The van der Waals surface area contributed by atoms with E-state index >= 15 is 0 Å². The van der Waals surface area contributed by atoms with E-state index in [0.29, 0.717) is 36.0 Å². The molecule has 3 rings (SSSR count). The number of aliphatic hydroxyl groups is 1. The highest BCUT2D eigenvalue weighted by molar-refractivity contribution is 6.29. The SMILES string of the molecule is C=NC[C@H]1C[C@H](O)CC[C@@H]1n1cc(C(N)=O)c(Nc2ccc(Cl)nc2)n1. The summed E-state index contributed by atoms with van der Waals surface area (Å²) in [5.74, 6) is -0.116. The van der Waals surface area contributed by atoms with Gasteiger partial charge in [0, 0.05) is 18.7 Å². The van der Waals surface area contributed by atoms with E-state index in [1.165, 1.54) is 0 Å². The van der Waals surface area contributed by atoms with Crippen LogP contribution in [0.4, 0.5) is 11.5 Å². The highest BCUT2D eigenvalue weighted by Crippen LogP contribution is 2.35. The number of carbonyl (C=O) groups is 1. The van der Waals surface area contributed by atoms with Gasteiger partial charge in [0.25, 0.3) is 5.91 Å². The maximum atomic E-state index is 11.8. The number of aliphatic imine (C=N–C) groups is 1. The minimum absolute atomic E-state index is 0.0147. The number of carbonyl (C=O) groups excluding carboxylic acids is 1. The Labute approximate surface area is 156 Å². The number of anilines is 2. The van der Waals surface area contributed by atoms with E-state index in [4.69, 9.17) is 17.3 Å². The van der Waals surface area contributed by atoms with Crippen molar-refractivity contribution in [3.8, 4) is 0 Å². The summed E-state index contributed by atoms with van der Waals surface area (Å²) in [6.07, 6.45) is 4.89. The third-order valence-electron chi connectivity index (χ3n) is 4.61. The lowest BCUT2D eigenvalue weighted by Crippen LogP contribution is -2.32. The molecule has 4 N–H and O–H groups in total. The molecular formula is C17H21ClN6O2. The Morgan fingerprint density at radius 2 is 2.31 bits per heavy atom. The van der Waals surface area contributed by atoms with Crippen LogP contribution in [0.1, 0.15) is 35.7 Å². The van der Waals surface area contributed by atoms with Crippen LogP contribution in [0.5, 0.6) is 0 Å². The molecule has 0 aromatic carbocycles. The van der Waals surface area contributed by atoms with Gasteiger partial charge < -0.3 is 21.1 Å². The Morgan fingerprint density at radius 3 is 2.96 bits per heavy atom. The van der Waals surface area contributed by atoms with Crippen molar-refractivity contribution in [2.75, 3.05) is 11.9 Å². The summed E-state index contributed by atoms with van der Waals surface area (Å²) in [5.41, 5.74) is 6.45. The Kier molecular flexibility index (Phi) is 5.53. The Balaban J connectivity index is 1.89. The molecule has 138 valence electrons. The van der Waals surface area contributed by atoms with Crippen molar-refractivity contribution in [3.05, 3.63) is 35.2 Å². The van der Waals surface area contributed by atoms with Gasteiger partial charge in [0.1, 0.15) is 10.7 Å². The number of hydrogen-bond donors (Lipinski definition) is 3.